The Bertz CT molecular complexity index is 670. The van der Waals surface area contributed by atoms with Crippen LogP contribution in [0.2, 0.25) is 0 Å². The van der Waals surface area contributed by atoms with Crippen LogP contribution in [-0.2, 0) is 4.79 Å². The number of carbonyl (C=O) groups is 2. The normalized spacial score (nSPS) is 11.8. The fourth-order valence-electron chi connectivity index (χ4n) is 2.27. The Morgan fingerprint density at radius 3 is 2.55 bits per heavy atom. The number of fused-ring (bicyclic) bond motifs is 1. The standard InChI is InChI=1S/C17H19NO3.K.H/c1-11(2)9-15(18)17(20)21-16-8-7-12-5-3-4-6-13(12)14(16)10-19;;/h3-8,10-11,15H,9,18H2,1-2H3;;/t15-;;/m0../s1. The van der Waals surface area contributed by atoms with Gasteiger partial charge in [0.1, 0.15) is 11.8 Å². The second kappa shape index (κ2) is 8.91. The molecule has 2 N–H and O–H groups in total. The van der Waals surface area contributed by atoms with Gasteiger partial charge in [0.25, 0.3) is 0 Å². The molecule has 1 atom stereocenters. The summed E-state index contributed by atoms with van der Waals surface area (Å²) in [6.07, 6.45) is 1.25. The van der Waals surface area contributed by atoms with Crippen molar-refractivity contribution in [2.75, 3.05) is 0 Å². The summed E-state index contributed by atoms with van der Waals surface area (Å²) in [5, 5.41) is 1.68. The van der Waals surface area contributed by atoms with E-state index in [0.29, 0.717) is 24.2 Å². The first-order valence-electron chi connectivity index (χ1n) is 6.97. The summed E-state index contributed by atoms with van der Waals surface area (Å²) < 4.78 is 5.31. The Hall–Kier alpha value is -0.564. The van der Waals surface area contributed by atoms with Crippen LogP contribution >= 0.6 is 0 Å². The van der Waals surface area contributed by atoms with Crippen LogP contribution in [0, 0.1) is 5.92 Å². The number of benzene rings is 2. The van der Waals surface area contributed by atoms with Gasteiger partial charge in [0.15, 0.2) is 6.29 Å². The van der Waals surface area contributed by atoms with Gasteiger partial charge in [0, 0.05) is 0 Å². The molecule has 0 fully saturated rings. The molecule has 0 amide bonds. The first-order valence-corrected chi connectivity index (χ1v) is 6.97. The van der Waals surface area contributed by atoms with E-state index in [2.05, 4.69) is 0 Å². The molecule has 0 saturated heterocycles. The average Bonchev–Trinajstić information content (AvgIpc) is 2.46. The van der Waals surface area contributed by atoms with E-state index in [1.165, 1.54) is 0 Å². The van der Waals surface area contributed by atoms with Gasteiger partial charge in [0.2, 0.25) is 0 Å². The Labute approximate surface area is 172 Å². The van der Waals surface area contributed by atoms with Crippen LogP contribution in [0.1, 0.15) is 30.6 Å². The van der Waals surface area contributed by atoms with Crippen LogP contribution in [0.5, 0.6) is 5.75 Å². The van der Waals surface area contributed by atoms with Crippen LogP contribution in [-0.4, -0.2) is 69.7 Å². The number of ether oxygens (including phenoxy) is 1. The Kier molecular flexibility index (Phi) is 7.89. The zero-order valence-electron chi connectivity index (χ0n) is 12.2. The summed E-state index contributed by atoms with van der Waals surface area (Å²) in [6, 6.07) is 10.2. The van der Waals surface area contributed by atoms with Crippen LogP contribution in [0.4, 0.5) is 0 Å². The molecule has 0 spiro atoms. The Morgan fingerprint density at radius 1 is 1.23 bits per heavy atom. The van der Waals surface area contributed by atoms with Gasteiger partial charge < -0.3 is 10.5 Å². The maximum atomic E-state index is 12.0. The molecule has 2 aromatic carbocycles. The molecule has 4 nitrogen and oxygen atoms in total. The quantitative estimate of drug-likeness (QED) is 0.396. The monoisotopic (exact) mass is 325 g/mol. The second-order valence-electron chi connectivity index (χ2n) is 5.47. The molecular weight excluding hydrogens is 305 g/mol. The summed E-state index contributed by atoms with van der Waals surface area (Å²) in [5.74, 6) is 0.0460. The van der Waals surface area contributed by atoms with Crippen molar-refractivity contribution in [3.63, 3.8) is 0 Å². The van der Waals surface area contributed by atoms with Crippen LogP contribution in [0.3, 0.4) is 0 Å². The van der Waals surface area contributed by atoms with Crippen molar-refractivity contribution in [3.8, 4) is 5.75 Å². The molecule has 0 aliphatic heterocycles. The number of aldehydes is 1. The summed E-state index contributed by atoms with van der Waals surface area (Å²) in [5.41, 5.74) is 6.18. The van der Waals surface area contributed by atoms with Gasteiger partial charge in [-0.2, -0.15) is 0 Å². The SMILES string of the molecule is CC(C)C[C@H](N)C(=O)Oc1ccc2ccccc2c1C=O.[KH]. The van der Waals surface area contributed by atoms with E-state index in [1.54, 1.807) is 6.07 Å². The number of hydrogen-bond acceptors (Lipinski definition) is 4. The average molecular weight is 325 g/mol. The molecular formula is C17H20KNO3. The van der Waals surface area contributed by atoms with Gasteiger partial charge in [-0.25, -0.2) is 4.79 Å². The van der Waals surface area contributed by atoms with Crippen molar-refractivity contribution >= 4 is 74.4 Å². The minimum atomic E-state index is -0.684. The predicted molar refractivity (Wildman–Crippen MR) is 89.5 cm³/mol. The topological polar surface area (TPSA) is 69.4 Å². The van der Waals surface area contributed by atoms with Crippen LogP contribution < -0.4 is 10.5 Å². The van der Waals surface area contributed by atoms with E-state index in [4.69, 9.17) is 10.5 Å². The first-order chi connectivity index (χ1) is 10.0. The molecule has 22 heavy (non-hydrogen) atoms. The summed E-state index contributed by atoms with van der Waals surface area (Å²) in [4.78, 5) is 23.3. The molecule has 0 aromatic heterocycles. The van der Waals surface area contributed by atoms with Crippen molar-refractivity contribution in [2.45, 2.75) is 26.3 Å². The zero-order valence-corrected chi connectivity index (χ0v) is 12.2. The van der Waals surface area contributed by atoms with Crippen LogP contribution in [0.15, 0.2) is 36.4 Å². The number of rotatable bonds is 5. The molecule has 0 aliphatic rings. The minimum absolute atomic E-state index is 0. The van der Waals surface area contributed by atoms with E-state index >= 15 is 0 Å². The first kappa shape index (κ1) is 19.5. The van der Waals surface area contributed by atoms with Crippen molar-refractivity contribution in [1.82, 2.24) is 0 Å². The molecule has 0 aliphatic carbocycles. The number of nitrogens with two attached hydrogens (primary N) is 1. The van der Waals surface area contributed by atoms with Crippen molar-refractivity contribution in [2.24, 2.45) is 11.7 Å². The number of carbonyl (C=O) groups excluding carboxylic acids is 2. The molecule has 2 aromatic rings. The van der Waals surface area contributed by atoms with Gasteiger partial charge in [-0.3, -0.25) is 4.79 Å². The van der Waals surface area contributed by atoms with E-state index < -0.39 is 12.0 Å². The van der Waals surface area contributed by atoms with Gasteiger partial charge in [-0.15, -0.1) is 0 Å². The maximum absolute atomic E-state index is 12.0. The van der Waals surface area contributed by atoms with E-state index in [-0.39, 0.29) is 57.1 Å². The Balaban J connectivity index is 0.00000242. The molecule has 5 heteroatoms. The molecule has 112 valence electrons. The third-order valence-corrected chi connectivity index (χ3v) is 3.29. The third kappa shape index (κ3) is 4.71. The molecule has 0 radical (unpaired) electrons. The Morgan fingerprint density at radius 2 is 1.91 bits per heavy atom. The third-order valence-electron chi connectivity index (χ3n) is 3.29. The molecule has 2 rings (SSSR count). The van der Waals surface area contributed by atoms with Gasteiger partial charge in [0.05, 0.1) is 5.56 Å². The fraction of sp³-hybridized carbons (Fsp3) is 0.294. The van der Waals surface area contributed by atoms with Gasteiger partial charge in [-0.1, -0.05) is 44.2 Å². The van der Waals surface area contributed by atoms with Crippen molar-refractivity contribution < 1.29 is 14.3 Å². The van der Waals surface area contributed by atoms with Crippen molar-refractivity contribution in [3.05, 3.63) is 42.0 Å². The van der Waals surface area contributed by atoms with E-state index in [1.807, 2.05) is 44.2 Å². The van der Waals surface area contributed by atoms with E-state index in [0.717, 1.165) is 10.8 Å². The number of hydrogen-bond donors (Lipinski definition) is 1. The van der Waals surface area contributed by atoms with Gasteiger partial charge >= 0.3 is 57.4 Å². The molecule has 0 heterocycles. The second-order valence-corrected chi connectivity index (χ2v) is 5.47. The summed E-state index contributed by atoms with van der Waals surface area (Å²) in [6.45, 7) is 3.97. The summed E-state index contributed by atoms with van der Waals surface area (Å²) in [7, 11) is 0. The molecule has 0 saturated carbocycles. The van der Waals surface area contributed by atoms with Gasteiger partial charge in [-0.05, 0) is 29.2 Å². The van der Waals surface area contributed by atoms with Crippen LogP contribution in [0.25, 0.3) is 10.8 Å². The molecule has 0 unspecified atom stereocenters. The zero-order chi connectivity index (χ0) is 15.4. The summed E-state index contributed by atoms with van der Waals surface area (Å²) >= 11 is 0. The predicted octanol–water partition coefficient (Wildman–Crippen LogP) is 2.28. The van der Waals surface area contributed by atoms with E-state index in [9.17, 15) is 9.59 Å². The number of esters is 1. The molecule has 0 bridgehead atoms. The van der Waals surface area contributed by atoms with Crippen molar-refractivity contribution in [1.29, 1.82) is 0 Å². The fourth-order valence-corrected chi connectivity index (χ4v) is 2.27.